The highest BCUT2D eigenvalue weighted by Gasteiger charge is 2.40. The van der Waals surface area contributed by atoms with Crippen molar-refractivity contribution in [2.75, 3.05) is 19.6 Å². The van der Waals surface area contributed by atoms with E-state index in [1.54, 1.807) is 42.5 Å². The molecular weight excluding hydrogens is 698 g/mol. The highest BCUT2D eigenvalue weighted by molar-refractivity contribution is 5.95. The second kappa shape index (κ2) is 19.8. The number of aliphatic hydroxyl groups excluding tert-OH is 1. The van der Waals surface area contributed by atoms with Gasteiger partial charge in [0.2, 0.25) is 29.5 Å². The Balaban J connectivity index is 1.72. The molecule has 2 aliphatic rings. The predicted molar refractivity (Wildman–Crippen MR) is 198 cm³/mol. The SMILES string of the molecule is CC(=O)N[C@H]1CNC(=O)/C=C/[C@H](Cc2ccc(O)cc2)NC(=O)[C@@H](Cc2ccccc2)NC(=O)[C@H](O)[C@H](CCCN=C(N)N)NC(=O)[C@@H]2CCCN2C1=O. The third-order valence-corrected chi connectivity index (χ3v) is 9.05. The summed E-state index contributed by atoms with van der Waals surface area (Å²) in [5, 5.41) is 34.6. The number of fused-ring (bicyclic) bond motifs is 1. The average Bonchev–Trinajstić information content (AvgIpc) is 3.64. The lowest BCUT2D eigenvalue weighted by Gasteiger charge is -2.31. The van der Waals surface area contributed by atoms with Gasteiger partial charge in [-0.3, -0.25) is 33.8 Å². The molecule has 17 heteroatoms. The molecule has 4 rings (SSSR count). The Morgan fingerprint density at radius 1 is 0.926 bits per heavy atom. The monoisotopic (exact) mass is 747 g/mol. The normalized spacial score (nSPS) is 25.0. The number of aromatic hydroxyl groups is 1. The van der Waals surface area contributed by atoms with Crippen molar-refractivity contribution in [3.05, 3.63) is 77.9 Å². The van der Waals surface area contributed by atoms with Crippen molar-refractivity contribution in [2.24, 2.45) is 16.5 Å². The number of rotatable bonds is 9. The number of nitrogens with one attached hydrogen (secondary N) is 5. The number of guanidine groups is 1. The van der Waals surface area contributed by atoms with Crippen LogP contribution in [0.2, 0.25) is 0 Å². The third-order valence-electron chi connectivity index (χ3n) is 9.05. The molecule has 54 heavy (non-hydrogen) atoms. The first-order valence-electron chi connectivity index (χ1n) is 17.8. The Hall–Kier alpha value is -5.97. The number of amides is 6. The van der Waals surface area contributed by atoms with Crippen LogP contribution in [0.4, 0.5) is 0 Å². The molecule has 0 spiro atoms. The first kappa shape index (κ1) is 40.8. The molecule has 2 aliphatic heterocycles. The van der Waals surface area contributed by atoms with E-state index < -0.39 is 71.8 Å². The minimum absolute atomic E-state index is 0.0342. The maximum Gasteiger partial charge on any atom is 0.251 e. The standard InChI is InChI=1S/C37H49N9O8/c1-22(47)42-29-21-41-31(49)16-13-25(19-24-11-14-26(48)15-12-24)43-33(51)28(20-23-7-3-2-4-8-23)45-35(53)32(50)27(9-5-17-40-37(38)39)44-34(52)30-10-6-18-46(30)36(29)54/h2-4,7-8,11-16,25,27-30,32,48,50H,5-6,9-10,17-21H2,1H3,(H,41,49)(H,42,47)(H,43,51)(H,44,52)(H,45,53)(H4,38,39,40)/b16-13+/t25-,27+,28-,29+,30+,32-/m1/s1. The number of hydrogen-bond acceptors (Lipinski definition) is 9. The molecule has 1 fully saturated rings. The van der Waals surface area contributed by atoms with E-state index >= 15 is 0 Å². The highest BCUT2D eigenvalue weighted by atomic mass is 16.3. The Morgan fingerprint density at radius 2 is 1.63 bits per heavy atom. The number of carbonyl (C=O) groups excluding carboxylic acids is 6. The van der Waals surface area contributed by atoms with E-state index in [1.807, 2.05) is 0 Å². The molecule has 0 saturated carbocycles. The number of benzene rings is 2. The molecule has 0 aliphatic carbocycles. The number of nitrogens with zero attached hydrogens (tertiary/aromatic N) is 2. The van der Waals surface area contributed by atoms with Crippen molar-refractivity contribution in [2.45, 2.75) is 81.8 Å². The van der Waals surface area contributed by atoms with Gasteiger partial charge in [-0.15, -0.1) is 0 Å². The lowest BCUT2D eigenvalue weighted by atomic mass is 10.0. The first-order valence-corrected chi connectivity index (χ1v) is 17.8. The van der Waals surface area contributed by atoms with Crippen LogP contribution in [-0.2, 0) is 41.6 Å². The maximum absolute atomic E-state index is 14.0. The Bertz CT molecular complexity index is 1700. The zero-order valence-electron chi connectivity index (χ0n) is 30.1. The fourth-order valence-corrected chi connectivity index (χ4v) is 6.36. The Kier molecular flexibility index (Phi) is 14.9. The molecule has 11 N–H and O–H groups in total. The van der Waals surface area contributed by atoms with Crippen molar-refractivity contribution in [3.8, 4) is 5.75 Å². The number of nitrogens with two attached hydrogens (primary N) is 2. The molecule has 290 valence electrons. The van der Waals surface area contributed by atoms with E-state index in [0.717, 1.165) is 0 Å². The molecular formula is C37H49N9O8. The van der Waals surface area contributed by atoms with E-state index in [9.17, 15) is 39.0 Å². The maximum atomic E-state index is 14.0. The summed E-state index contributed by atoms with van der Waals surface area (Å²) in [7, 11) is 0. The van der Waals surface area contributed by atoms with Gasteiger partial charge in [-0.25, -0.2) is 0 Å². The molecule has 6 amide bonds. The fourth-order valence-electron chi connectivity index (χ4n) is 6.36. The number of carbonyl (C=O) groups is 6. The Labute approximate surface area is 313 Å². The van der Waals surface area contributed by atoms with Crippen LogP contribution in [0.5, 0.6) is 5.75 Å². The molecule has 2 aromatic carbocycles. The summed E-state index contributed by atoms with van der Waals surface area (Å²) < 4.78 is 0. The quantitative estimate of drug-likeness (QED) is 0.0791. The Morgan fingerprint density at radius 3 is 2.31 bits per heavy atom. The number of phenols is 1. The molecule has 1 saturated heterocycles. The summed E-state index contributed by atoms with van der Waals surface area (Å²) in [5.74, 6) is -4.09. The van der Waals surface area contributed by atoms with Gasteiger partial charge in [0, 0.05) is 39.1 Å². The molecule has 17 nitrogen and oxygen atoms in total. The fraction of sp³-hybridized carbons (Fsp3) is 0.432. The third kappa shape index (κ3) is 12.3. The van der Waals surface area contributed by atoms with Crippen molar-refractivity contribution in [1.29, 1.82) is 0 Å². The minimum Gasteiger partial charge on any atom is -0.508 e. The van der Waals surface area contributed by atoms with Crippen LogP contribution >= 0.6 is 0 Å². The predicted octanol–water partition coefficient (Wildman–Crippen LogP) is -1.77. The van der Waals surface area contributed by atoms with Gasteiger partial charge in [-0.05, 0) is 55.4 Å². The van der Waals surface area contributed by atoms with Crippen LogP contribution in [0.15, 0.2) is 71.7 Å². The minimum atomic E-state index is -1.84. The first-order chi connectivity index (χ1) is 25.8. The van der Waals surface area contributed by atoms with Crippen LogP contribution in [0.3, 0.4) is 0 Å². The topological polar surface area (TPSA) is 271 Å². The molecule has 2 aromatic rings. The summed E-state index contributed by atoms with van der Waals surface area (Å²) in [6, 6.07) is 9.76. The molecule has 0 radical (unpaired) electrons. The summed E-state index contributed by atoms with van der Waals surface area (Å²) in [6.45, 7) is 1.24. The largest absolute Gasteiger partial charge is 0.508 e. The molecule has 6 atom stereocenters. The van der Waals surface area contributed by atoms with Gasteiger partial charge in [0.25, 0.3) is 5.91 Å². The summed E-state index contributed by atoms with van der Waals surface area (Å²) >= 11 is 0. The van der Waals surface area contributed by atoms with E-state index in [0.29, 0.717) is 17.5 Å². The van der Waals surface area contributed by atoms with E-state index in [-0.39, 0.29) is 63.4 Å². The smallest absolute Gasteiger partial charge is 0.251 e. The second-order valence-electron chi connectivity index (χ2n) is 13.3. The van der Waals surface area contributed by atoms with Gasteiger partial charge >= 0.3 is 0 Å². The van der Waals surface area contributed by atoms with Crippen LogP contribution < -0.4 is 38.1 Å². The molecule has 0 unspecified atom stereocenters. The van der Waals surface area contributed by atoms with Gasteiger partial charge in [-0.1, -0.05) is 48.5 Å². The molecule has 0 bridgehead atoms. The molecule has 0 aromatic heterocycles. The van der Waals surface area contributed by atoms with Crippen LogP contribution in [0.25, 0.3) is 0 Å². The van der Waals surface area contributed by atoms with Gasteiger partial charge in [0.1, 0.15) is 23.9 Å². The van der Waals surface area contributed by atoms with Gasteiger partial charge in [-0.2, -0.15) is 0 Å². The van der Waals surface area contributed by atoms with Crippen LogP contribution in [0.1, 0.15) is 43.7 Å². The van der Waals surface area contributed by atoms with Crippen molar-refractivity contribution in [3.63, 3.8) is 0 Å². The van der Waals surface area contributed by atoms with Crippen LogP contribution in [-0.4, -0.2) is 112 Å². The zero-order valence-corrected chi connectivity index (χ0v) is 30.1. The van der Waals surface area contributed by atoms with Gasteiger partial charge in [0.05, 0.1) is 12.1 Å². The number of hydrogen-bond donors (Lipinski definition) is 9. The van der Waals surface area contributed by atoms with E-state index in [2.05, 4.69) is 31.6 Å². The van der Waals surface area contributed by atoms with Crippen molar-refractivity contribution < 1.29 is 39.0 Å². The second-order valence-corrected chi connectivity index (χ2v) is 13.3. The highest BCUT2D eigenvalue weighted by Crippen LogP contribution is 2.20. The van der Waals surface area contributed by atoms with Gasteiger partial charge in [0.15, 0.2) is 12.1 Å². The van der Waals surface area contributed by atoms with Crippen LogP contribution in [0, 0.1) is 0 Å². The van der Waals surface area contributed by atoms with Crippen molar-refractivity contribution in [1.82, 2.24) is 31.5 Å². The van der Waals surface area contributed by atoms with Crippen molar-refractivity contribution >= 4 is 41.4 Å². The lowest BCUT2D eigenvalue weighted by molar-refractivity contribution is -0.142. The average molecular weight is 748 g/mol. The summed E-state index contributed by atoms with van der Waals surface area (Å²) in [5.41, 5.74) is 12.3. The molecule has 2 heterocycles. The number of aliphatic hydroxyl groups is 1. The zero-order chi connectivity index (χ0) is 39.2. The van der Waals surface area contributed by atoms with Gasteiger partial charge < -0.3 is 53.2 Å². The number of aliphatic imine (C=N–C) groups is 1. The summed E-state index contributed by atoms with van der Waals surface area (Å²) in [4.78, 5) is 85.7. The number of phenolic OH excluding ortho intramolecular Hbond substituents is 1. The van der Waals surface area contributed by atoms with E-state index in [1.165, 1.54) is 36.1 Å². The van der Waals surface area contributed by atoms with E-state index in [4.69, 9.17) is 11.5 Å². The summed E-state index contributed by atoms with van der Waals surface area (Å²) in [6.07, 6.45) is 2.04. The lowest BCUT2D eigenvalue weighted by Crippen LogP contribution is -2.59.